The highest BCUT2D eigenvalue weighted by atomic mass is 16.3. The molecule has 112 valence electrons. The molecule has 1 heterocycles. The van der Waals surface area contributed by atoms with Gasteiger partial charge < -0.3 is 20.2 Å². The number of aliphatic hydroxyl groups excluding tert-OH is 1. The molecule has 20 heavy (non-hydrogen) atoms. The van der Waals surface area contributed by atoms with Crippen molar-refractivity contribution in [2.45, 2.75) is 32.8 Å². The fourth-order valence-electron chi connectivity index (χ4n) is 1.73. The van der Waals surface area contributed by atoms with Gasteiger partial charge in [-0.25, -0.2) is 0 Å². The number of aliphatic hydroxyl groups is 1. The lowest BCUT2D eigenvalue weighted by Gasteiger charge is -2.13. The van der Waals surface area contributed by atoms with Crippen molar-refractivity contribution < 1.29 is 19.1 Å². The second-order valence-electron chi connectivity index (χ2n) is 5.11. The number of carbonyl (C=O) groups excluding carboxylic acids is 2. The van der Waals surface area contributed by atoms with E-state index in [-0.39, 0.29) is 31.3 Å². The molecular weight excluding hydrogens is 260 g/mol. The first-order chi connectivity index (χ1) is 9.49. The highest BCUT2D eigenvalue weighted by Crippen LogP contribution is 2.03. The zero-order chi connectivity index (χ0) is 15.0. The zero-order valence-corrected chi connectivity index (χ0v) is 11.9. The van der Waals surface area contributed by atoms with Crippen molar-refractivity contribution in [1.82, 2.24) is 10.6 Å². The Morgan fingerprint density at radius 3 is 2.70 bits per heavy atom. The number of hydrogen-bond donors (Lipinski definition) is 3. The monoisotopic (exact) mass is 282 g/mol. The van der Waals surface area contributed by atoms with Gasteiger partial charge in [-0.1, -0.05) is 13.8 Å². The van der Waals surface area contributed by atoms with Gasteiger partial charge in [0, 0.05) is 19.5 Å². The minimum Gasteiger partial charge on any atom is -0.472 e. The summed E-state index contributed by atoms with van der Waals surface area (Å²) in [6.45, 7) is 4.51. The fraction of sp³-hybridized carbons (Fsp3) is 0.571. The molecule has 0 saturated carbocycles. The highest BCUT2D eigenvalue weighted by molar-refractivity contribution is 5.93. The average Bonchev–Trinajstić information content (AvgIpc) is 2.89. The van der Waals surface area contributed by atoms with E-state index < -0.39 is 6.10 Å². The van der Waals surface area contributed by atoms with E-state index in [0.717, 1.165) is 0 Å². The Hall–Kier alpha value is -1.82. The summed E-state index contributed by atoms with van der Waals surface area (Å²) >= 11 is 0. The van der Waals surface area contributed by atoms with Crippen LogP contribution < -0.4 is 10.6 Å². The molecule has 3 N–H and O–H groups in total. The maximum atomic E-state index is 11.5. The molecule has 6 heteroatoms. The van der Waals surface area contributed by atoms with Crippen LogP contribution in [-0.2, 0) is 4.79 Å². The van der Waals surface area contributed by atoms with Crippen molar-refractivity contribution >= 4 is 11.8 Å². The van der Waals surface area contributed by atoms with Crippen molar-refractivity contribution in [2.75, 3.05) is 13.1 Å². The molecule has 0 radical (unpaired) electrons. The van der Waals surface area contributed by atoms with E-state index in [1.807, 2.05) is 13.8 Å². The SMILES string of the molecule is CC(C)CC(O)CNC(=O)CCNC(=O)c1ccoc1. The minimum absolute atomic E-state index is 0.179. The lowest BCUT2D eigenvalue weighted by atomic mass is 10.1. The van der Waals surface area contributed by atoms with Gasteiger partial charge in [0.25, 0.3) is 5.91 Å². The third-order valence-corrected chi connectivity index (χ3v) is 2.70. The van der Waals surface area contributed by atoms with Gasteiger partial charge in [0.1, 0.15) is 6.26 Å². The maximum absolute atomic E-state index is 11.5. The first-order valence-electron chi connectivity index (χ1n) is 6.74. The van der Waals surface area contributed by atoms with Crippen molar-refractivity contribution in [1.29, 1.82) is 0 Å². The quantitative estimate of drug-likeness (QED) is 0.661. The Morgan fingerprint density at radius 1 is 1.35 bits per heavy atom. The first-order valence-corrected chi connectivity index (χ1v) is 6.74. The Kier molecular flexibility index (Phi) is 6.79. The van der Waals surface area contributed by atoms with Gasteiger partial charge in [-0.3, -0.25) is 9.59 Å². The van der Waals surface area contributed by atoms with Crippen molar-refractivity contribution in [3.05, 3.63) is 24.2 Å². The first kappa shape index (κ1) is 16.2. The zero-order valence-electron chi connectivity index (χ0n) is 11.9. The van der Waals surface area contributed by atoms with E-state index >= 15 is 0 Å². The Balaban J connectivity index is 2.13. The standard InChI is InChI=1S/C14H22N2O4/c1-10(2)7-12(17)8-16-13(18)3-5-15-14(19)11-4-6-20-9-11/h4,6,9-10,12,17H,3,5,7-8H2,1-2H3,(H,15,19)(H,16,18). The molecule has 0 fully saturated rings. The Labute approximate surface area is 118 Å². The summed E-state index contributed by atoms with van der Waals surface area (Å²) in [4.78, 5) is 23.0. The summed E-state index contributed by atoms with van der Waals surface area (Å²) in [5, 5.41) is 14.9. The van der Waals surface area contributed by atoms with Crippen LogP contribution in [0.3, 0.4) is 0 Å². The molecule has 1 rings (SSSR count). The molecule has 6 nitrogen and oxygen atoms in total. The van der Waals surface area contributed by atoms with E-state index in [4.69, 9.17) is 4.42 Å². The molecular formula is C14H22N2O4. The van der Waals surface area contributed by atoms with Crippen LogP contribution in [0.1, 0.15) is 37.0 Å². The van der Waals surface area contributed by atoms with Crippen LogP contribution in [0.15, 0.2) is 23.0 Å². The highest BCUT2D eigenvalue weighted by Gasteiger charge is 2.10. The van der Waals surface area contributed by atoms with Crippen molar-refractivity contribution in [3.63, 3.8) is 0 Å². The van der Waals surface area contributed by atoms with Crippen LogP contribution in [0.2, 0.25) is 0 Å². The molecule has 0 bridgehead atoms. The number of nitrogens with one attached hydrogen (secondary N) is 2. The Bertz CT molecular complexity index is 415. The molecule has 1 atom stereocenters. The predicted octanol–water partition coefficient (Wildman–Crippen LogP) is 0.923. The van der Waals surface area contributed by atoms with Gasteiger partial charge in [-0.05, 0) is 18.4 Å². The molecule has 0 aliphatic carbocycles. The lowest BCUT2D eigenvalue weighted by molar-refractivity contribution is -0.121. The second kappa shape index (κ2) is 8.37. The molecule has 2 amide bonds. The second-order valence-corrected chi connectivity index (χ2v) is 5.11. The van der Waals surface area contributed by atoms with Gasteiger partial charge in [-0.15, -0.1) is 0 Å². The smallest absolute Gasteiger partial charge is 0.254 e. The summed E-state index contributed by atoms with van der Waals surface area (Å²) in [6.07, 6.45) is 3.06. The third-order valence-electron chi connectivity index (χ3n) is 2.70. The molecule has 0 aliphatic heterocycles. The number of hydrogen-bond acceptors (Lipinski definition) is 4. The van der Waals surface area contributed by atoms with Crippen LogP contribution in [0.5, 0.6) is 0 Å². The molecule has 0 aromatic carbocycles. The Morgan fingerprint density at radius 2 is 2.10 bits per heavy atom. The van der Waals surface area contributed by atoms with Gasteiger partial charge in [0.15, 0.2) is 0 Å². The number of amides is 2. The van der Waals surface area contributed by atoms with Gasteiger partial charge >= 0.3 is 0 Å². The molecule has 1 aromatic rings. The van der Waals surface area contributed by atoms with Gasteiger partial charge in [0.05, 0.1) is 17.9 Å². The molecule has 0 saturated heterocycles. The lowest BCUT2D eigenvalue weighted by Crippen LogP contribution is -2.35. The third kappa shape index (κ3) is 6.38. The predicted molar refractivity (Wildman–Crippen MR) is 74.1 cm³/mol. The van der Waals surface area contributed by atoms with E-state index in [2.05, 4.69) is 10.6 Å². The topological polar surface area (TPSA) is 91.6 Å². The molecule has 0 aliphatic rings. The normalized spacial score (nSPS) is 12.2. The summed E-state index contributed by atoms with van der Waals surface area (Å²) in [7, 11) is 0. The summed E-state index contributed by atoms with van der Waals surface area (Å²) in [5.74, 6) is -0.0807. The van der Waals surface area contributed by atoms with Crippen LogP contribution in [-0.4, -0.2) is 36.1 Å². The van der Waals surface area contributed by atoms with E-state index in [0.29, 0.717) is 17.9 Å². The van der Waals surface area contributed by atoms with Crippen LogP contribution in [0.25, 0.3) is 0 Å². The summed E-state index contributed by atoms with van der Waals surface area (Å²) < 4.78 is 4.79. The summed E-state index contributed by atoms with van der Waals surface area (Å²) in [6, 6.07) is 1.55. The van der Waals surface area contributed by atoms with Gasteiger partial charge in [-0.2, -0.15) is 0 Å². The average molecular weight is 282 g/mol. The van der Waals surface area contributed by atoms with E-state index in [1.54, 1.807) is 6.07 Å². The van der Waals surface area contributed by atoms with Crippen LogP contribution >= 0.6 is 0 Å². The fourth-order valence-corrected chi connectivity index (χ4v) is 1.73. The largest absolute Gasteiger partial charge is 0.472 e. The van der Waals surface area contributed by atoms with Crippen LogP contribution in [0, 0.1) is 5.92 Å². The van der Waals surface area contributed by atoms with E-state index in [1.165, 1.54) is 12.5 Å². The molecule has 1 unspecified atom stereocenters. The van der Waals surface area contributed by atoms with Crippen molar-refractivity contribution in [2.24, 2.45) is 5.92 Å². The van der Waals surface area contributed by atoms with Gasteiger partial charge in [0.2, 0.25) is 5.91 Å². The minimum atomic E-state index is -0.528. The number of furan rings is 1. The van der Waals surface area contributed by atoms with E-state index in [9.17, 15) is 14.7 Å². The summed E-state index contributed by atoms with van der Waals surface area (Å²) in [5.41, 5.74) is 0.428. The number of rotatable bonds is 8. The molecule has 1 aromatic heterocycles. The van der Waals surface area contributed by atoms with Crippen molar-refractivity contribution in [3.8, 4) is 0 Å². The maximum Gasteiger partial charge on any atom is 0.254 e. The van der Waals surface area contributed by atoms with Crippen LogP contribution in [0.4, 0.5) is 0 Å². The molecule has 0 spiro atoms. The number of carbonyl (C=O) groups is 2.